The first kappa shape index (κ1) is 29.7. The van der Waals surface area contributed by atoms with E-state index < -0.39 is 8.07 Å². The van der Waals surface area contributed by atoms with Gasteiger partial charge in [0.1, 0.15) is 0 Å². The molecule has 0 unspecified atom stereocenters. The van der Waals surface area contributed by atoms with Crippen LogP contribution in [0.5, 0.6) is 0 Å². The molecule has 0 saturated heterocycles. The van der Waals surface area contributed by atoms with Gasteiger partial charge in [0.05, 0.1) is 8.07 Å². The van der Waals surface area contributed by atoms with Gasteiger partial charge in [0.25, 0.3) is 0 Å². The second-order valence-electron chi connectivity index (χ2n) is 13.4. The third-order valence-electron chi connectivity index (χ3n) is 9.10. The lowest BCUT2D eigenvalue weighted by Crippen LogP contribution is -2.37. The van der Waals surface area contributed by atoms with E-state index in [1.165, 1.54) is 37.9 Å². The van der Waals surface area contributed by atoms with E-state index in [0.29, 0.717) is 17.5 Å². The van der Waals surface area contributed by atoms with E-state index in [4.69, 9.17) is 15.0 Å². The Kier molecular flexibility index (Phi) is 7.51. The largest absolute Gasteiger partial charge is 0.208 e. The smallest absolute Gasteiger partial charge is 0.164 e. The Hall–Kier alpha value is -5.71. The SMILES string of the molecule is C[Si](C)(C)c1ccc(-c2nc(-c3ccccc3)nc(-c3cccc(-c4ccc(-c5ccc6ccc7ccccc7c6c5)cc4)c3)n2)cc1. The van der Waals surface area contributed by atoms with Gasteiger partial charge in [-0.2, -0.15) is 0 Å². The molecule has 0 bridgehead atoms. The Labute approximate surface area is 282 Å². The van der Waals surface area contributed by atoms with E-state index in [1.54, 1.807) is 0 Å². The van der Waals surface area contributed by atoms with Crippen molar-refractivity contribution in [3.63, 3.8) is 0 Å². The topological polar surface area (TPSA) is 38.7 Å². The lowest BCUT2D eigenvalue weighted by molar-refractivity contribution is 1.07. The highest BCUT2D eigenvalue weighted by molar-refractivity contribution is 6.88. The standard InChI is InChI=1S/C44H35N3Si/c1-48(2,3)39-26-24-35(25-27-39)43-45-42(34-11-5-4-6-12-34)46-44(47-43)38-14-9-13-36(28-38)30-16-18-31(19-17-30)37-23-22-33-21-20-32-10-7-8-15-40(32)41(33)29-37/h4-29H,1-3H3. The predicted molar refractivity (Wildman–Crippen MR) is 205 cm³/mol. The summed E-state index contributed by atoms with van der Waals surface area (Å²) in [5, 5.41) is 6.49. The van der Waals surface area contributed by atoms with Gasteiger partial charge >= 0.3 is 0 Å². The summed E-state index contributed by atoms with van der Waals surface area (Å²) >= 11 is 0. The average molecular weight is 634 g/mol. The quantitative estimate of drug-likeness (QED) is 0.135. The van der Waals surface area contributed by atoms with Crippen LogP contribution in [0.25, 0.3) is 78.0 Å². The number of aromatic nitrogens is 3. The maximum absolute atomic E-state index is 5.02. The lowest BCUT2D eigenvalue weighted by atomic mass is 9.95. The van der Waals surface area contributed by atoms with Gasteiger partial charge < -0.3 is 0 Å². The summed E-state index contributed by atoms with van der Waals surface area (Å²) in [6.07, 6.45) is 0. The second-order valence-corrected chi connectivity index (χ2v) is 18.5. The molecule has 4 heteroatoms. The van der Waals surface area contributed by atoms with Crippen LogP contribution in [-0.2, 0) is 0 Å². The second kappa shape index (κ2) is 12.1. The Morgan fingerprint density at radius 1 is 0.333 bits per heavy atom. The fourth-order valence-corrected chi connectivity index (χ4v) is 7.51. The Morgan fingerprint density at radius 2 is 0.792 bits per heavy atom. The van der Waals surface area contributed by atoms with Gasteiger partial charge in [0, 0.05) is 16.7 Å². The highest BCUT2D eigenvalue weighted by Crippen LogP contribution is 2.32. The van der Waals surface area contributed by atoms with Gasteiger partial charge in [-0.05, 0) is 55.9 Å². The molecule has 0 aliphatic rings. The van der Waals surface area contributed by atoms with Gasteiger partial charge in [-0.25, -0.2) is 15.0 Å². The molecule has 48 heavy (non-hydrogen) atoms. The van der Waals surface area contributed by atoms with Crippen LogP contribution in [0.15, 0.2) is 158 Å². The summed E-state index contributed by atoms with van der Waals surface area (Å²) in [6.45, 7) is 7.09. The van der Waals surface area contributed by atoms with E-state index in [9.17, 15) is 0 Å². The zero-order chi connectivity index (χ0) is 32.7. The molecule has 7 aromatic carbocycles. The van der Waals surface area contributed by atoms with Crippen LogP contribution in [0.1, 0.15) is 0 Å². The van der Waals surface area contributed by atoms with E-state index in [1.807, 2.05) is 30.3 Å². The molecule has 0 aliphatic carbocycles. The van der Waals surface area contributed by atoms with Crippen LogP contribution in [0.4, 0.5) is 0 Å². The molecule has 0 fully saturated rings. The fourth-order valence-electron chi connectivity index (χ4n) is 6.34. The zero-order valence-corrected chi connectivity index (χ0v) is 28.4. The van der Waals surface area contributed by atoms with Crippen LogP contribution in [0.2, 0.25) is 19.6 Å². The van der Waals surface area contributed by atoms with Crippen molar-refractivity contribution in [3.8, 4) is 56.4 Å². The van der Waals surface area contributed by atoms with Gasteiger partial charge in [0.15, 0.2) is 17.5 Å². The van der Waals surface area contributed by atoms with Gasteiger partial charge in [0.2, 0.25) is 0 Å². The molecule has 0 saturated carbocycles. The third-order valence-corrected chi connectivity index (χ3v) is 11.2. The van der Waals surface area contributed by atoms with E-state index in [-0.39, 0.29) is 0 Å². The van der Waals surface area contributed by atoms with Crippen LogP contribution in [0, 0.1) is 0 Å². The molecule has 1 aromatic heterocycles. The van der Waals surface area contributed by atoms with Crippen molar-refractivity contribution >= 4 is 34.8 Å². The molecule has 8 rings (SSSR count). The minimum atomic E-state index is -1.42. The maximum atomic E-state index is 5.02. The molecule has 1 heterocycles. The Bertz CT molecular complexity index is 2410. The van der Waals surface area contributed by atoms with Crippen molar-refractivity contribution < 1.29 is 0 Å². The highest BCUT2D eigenvalue weighted by Gasteiger charge is 2.17. The molecule has 8 aromatic rings. The van der Waals surface area contributed by atoms with Crippen LogP contribution >= 0.6 is 0 Å². The first-order chi connectivity index (χ1) is 23.4. The summed E-state index contributed by atoms with van der Waals surface area (Å²) in [5.74, 6) is 2.01. The molecule has 230 valence electrons. The van der Waals surface area contributed by atoms with Crippen molar-refractivity contribution in [2.45, 2.75) is 19.6 Å². The van der Waals surface area contributed by atoms with Crippen molar-refractivity contribution in [1.29, 1.82) is 0 Å². The third kappa shape index (κ3) is 5.83. The molecular formula is C44H35N3Si. The minimum Gasteiger partial charge on any atom is -0.208 e. The summed E-state index contributed by atoms with van der Waals surface area (Å²) in [7, 11) is -1.42. The first-order valence-electron chi connectivity index (χ1n) is 16.4. The molecule has 0 spiro atoms. The van der Waals surface area contributed by atoms with Crippen molar-refractivity contribution in [2.24, 2.45) is 0 Å². The number of benzene rings is 7. The molecule has 0 atom stereocenters. The Balaban J connectivity index is 1.15. The number of fused-ring (bicyclic) bond motifs is 3. The highest BCUT2D eigenvalue weighted by atomic mass is 28.3. The first-order valence-corrected chi connectivity index (χ1v) is 19.9. The molecule has 0 N–H and O–H groups in total. The fraction of sp³-hybridized carbons (Fsp3) is 0.0682. The van der Waals surface area contributed by atoms with E-state index >= 15 is 0 Å². The summed E-state index contributed by atoms with van der Waals surface area (Å²) in [5.41, 5.74) is 7.58. The Morgan fingerprint density at radius 3 is 1.46 bits per heavy atom. The van der Waals surface area contributed by atoms with E-state index in [2.05, 4.69) is 147 Å². The molecule has 0 radical (unpaired) electrons. The van der Waals surface area contributed by atoms with E-state index in [0.717, 1.165) is 27.8 Å². The summed E-state index contributed by atoms with van der Waals surface area (Å²) in [4.78, 5) is 14.9. The number of hydrogen-bond acceptors (Lipinski definition) is 3. The van der Waals surface area contributed by atoms with Gasteiger partial charge in [-0.3, -0.25) is 0 Å². The van der Waals surface area contributed by atoms with Crippen molar-refractivity contribution in [2.75, 3.05) is 0 Å². The van der Waals surface area contributed by atoms with Crippen molar-refractivity contribution in [1.82, 2.24) is 15.0 Å². The maximum Gasteiger partial charge on any atom is 0.164 e. The summed E-state index contributed by atoms with van der Waals surface area (Å²) in [6, 6.07) is 56.0. The number of rotatable bonds is 6. The van der Waals surface area contributed by atoms with Crippen LogP contribution < -0.4 is 5.19 Å². The van der Waals surface area contributed by atoms with Gasteiger partial charge in [-0.1, -0.05) is 170 Å². The monoisotopic (exact) mass is 633 g/mol. The molecular weight excluding hydrogens is 599 g/mol. The number of nitrogens with zero attached hydrogens (tertiary/aromatic N) is 3. The van der Waals surface area contributed by atoms with Gasteiger partial charge in [-0.15, -0.1) is 0 Å². The minimum absolute atomic E-state index is 0.662. The molecule has 3 nitrogen and oxygen atoms in total. The van der Waals surface area contributed by atoms with Crippen LogP contribution in [0.3, 0.4) is 0 Å². The molecule has 0 aliphatic heterocycles. The normalized spacial score (nSPS) is 11.6. The molecule has 0 amide bonds. The summed E-state index contributed by atoms with van der Waals surface area (Å²) < 4.78 is 0. The lowest BCUT2D eigenvalue weighted by Gasteiger charge is -2.16. The predicted octanol–water partition coefficient (Wildman–Crippen LogP) is 11.1. The van der Waals surface area contributed by atoms with Crippen LogP contribution in [-0.4, -0.2) is 23.0 Å². The van der Waals surface area contributed by atoms with Crippen molar-refractivity contribution in [3.05, 3.63) is 158 Å². The zero-order valence-electron chi connectivity index (χ0n) is 27.4. The average Bonchev–Trinajstić information content (AvgIpc) is 3.14. The number of hydrogen-bond donors (Lipinski definition) is 0.